The molecule has 2 N–H and O–H groups in total. The molecule has 1 fully saturated rings. The van der Waals surface area contributed by atoms with Gasteiger partial charge in [-0.15, -0.1) is 0 Å². The van der Waals surface area contributed by atoms with Crippen LogP contribution in [0.5, 0.6) is 0 Å². The van der Waals surface area contributed by atoms with Crippen molar-refractivity contribution in [2.75, 3.05) is 13.2 Å². The standard InChI is InChI=1S/C7H14.2C3H8O/c1-2-4-6-7-5-3-1;2*1-2-3-4/h1-7H2;2*4H,2-3H2,1H3. The molecule has 0 aromatic rings. The van der Waals surface area contributed by atoms with Gasteiger partial charge in [0.05, 0.1) is 0 Å². The molecule has 1 rings (SSSR count). The molecule has 0 saturated heterocycles. The normalized spacial score (nSPS) is 15.2. The summed E-state index contributed by atoms with van der Waals surface area (Å²) >= 11 is 0. The molecule has 0 atom stereocenters. The fraction of sp³-hybridized carbons (Fsp3) is 1.00. The van der Waals surface area contributed by atoms with E-state index in [0.29, 0.717) is 13.2 Å². The molecule has 0 aliphatic heterocycles. The Morgan fingerprint density at radius 1 is 0.600 bits per heavy atom. The zero-order valence-corrected chi connectivity index (χ0v) is 10.7. The molecule has 0 heterocycles. The van der Waals surface area contributed by atoms with Gasteiger partial charge in [0.15, 0.2) is 0 Å². The molecule has 1 aliphatic carbocycles. The highest BCUT2D eigenvalue weighted by molar-refractivity contribution is 4.51. The second kappa shape index (κ2) is 19.5. The van der Waals surface area contributed by atoms with Crippen molar-refractivity contribution < 1.29 is 10.2 Å². The van der Waals surface area contributed by atoms with Crippen molar-refractivity contribution in [3.63, 3.8) is 0 Å². The topological polar surface area (TPSA) is 40.5 Å². The van der Waals surface area contributed by atoms with Crippen LogP contribution in [0.1, 0.15) is 71.6 Å². The minimum Gasteiger partial charge on any atom is -0.396 e. The molecule has 0 aromatic heterocycles. The van der Waals surface area contributed by atoms with Gasteiger partial charge in [0, 0.05) is 13.2 Å². The molecule has 1 aliphatic rings. The summed E-state index contributed by atoms with van der Waals surface area (Å²) in [6, 6.07) is 0. The van der Waals surface area contributed by atoms with Gasteiger partial charge in [-0.2, -0.15) is 0 Å². The molecule has 0 unspecified atom stereocenters. The Bertz CT molecular complexity index is 57.0. The fourth-order valence-electron chi connectivity index (χ4n) is 1.24. The summed E-state index contributed by atoms with van der Waals surface area (Å²) in [5, 5.41) is 15.8. The number of rotatable bonds is 2. The number of aliphatic hydroxyl groups excluding tert-OH is 2. The van der Waals surface area contributed by atoms with Crippen LogP contribution in [-0.4, -0.2) is 23.4 Å². The van der Waals surface area contributed by atoms with E-state index in [1.807, 2.05) is 13.8 Å². The molecule has 94 valence electrons. The highest BCUT2D eigenvalue weighted by atomic mass is 16.3. The molecular formula is C13H30O2. The van der Waals surface area contributed by atoms with Crippen molar-refractivity contribution in [3.8, 4) is 0 Å². The van der Waals surface area contributed by atoms with Crippen LogP contribution in [0.15, 0.2) is 0 Å². The Hall–Kier alpha value is -0.0800. The summed E-state index contributed by atoms with van der Waals surface area (Å²) in [6.45, 7) is 4.50. The lowest BCUT2D eigenvalue weighted by molar-refractivity contribution is 0.294. The quantitative estimate of drug-likeness (QED) is 0.696. The van der Waals surface area contributed by atoms with Gasteiger partial charge in [-0.1, -0.05) is 58.8 Å². The van der Waals surface area contributed by atoms with Crippen LogP contribution in [0.25, 0.3) is 0 Å². The molecule has 0 aromatic carbocycles. The van der Waals surface area contributed by atoms with Crippen molar-refractivity contribution in [3.05, 3.63) is 0 Å². The Morgan fingerprint density at radius 3 is 0.800 bits per heavy atom. The highest BCUT2D eigenvalue weighted by Crippen LogP contribution is 2.15. The zero-order valence-electron chi connectivity index (χ0n) is 10.7. The number of aliphatic hydroxyl groups is 2. The zero-order chi connectivity index (χ0) is 11.8. The van der Waals surface area contributed by atoms with E-state index in [1.165, 1.54) is 44.9 Å². The fourth-order valence-corrected chi connectivity index (χ4v) is 1.24. The third-order valence-corrected chi connectivity index (χ3v) is 2.20. The van der Waals surface area contributed by atoms with E-state index in [9.17, 15) is 0 Å². The summed E-state index contributed by atoms with van der Waals surface area (Å²) in [6.07, 6.45) is 12.2. The van der Waals surface area contributed by atoms with Crippen LogP contribution in [-0.2, 0) is 0 Å². The van der Waals surface area contributed by atoms with Gasteiger partial charge in [0.25, 0.3) is 0 Å². The van der Waals surface area contributed by atoms with Crippen LogP contribution in [0.2, 0.25) is 0 Å². The van der Waals surface area contributed by atoms with E-state index >= 15 is 0 Å². The lowest BCUT2D eigenvalue weighted by Gasteiger charge is -1.85. The third kappa shape index (κ3) is 24.9. The van der Waals surface area contributed by atoms with Gasteiger partial charge in [0.2, 0.25) is 0 Å². The smallest absolute Gasteiger partial charge is 0.0428 e. The Kier molecular flexibility index (Phi) is 22.5. The van der Waals surface area contributed by atoms with Crippen molar-refractivity contribution in [2.45, 2.75) is 71.6 Å². The lowest BCUT2D eigenvalue weighted by atomic mass is 10.2. The van der Waals surface area contributed by atoms with Gasteiger partial charge < -0.3 is 10.2 Å². The SMILES string of the molecule is C1CCCCCC1.CCCO.CCCO. The molecule has 1 saturated carbocycles. The predicted molar refractivity (Wildman–Crippen MR) is 67.1 cm³/mol. The van der Waals surface area contributed by atoms with Crippen LogP contribution < -0.4 is 0 Å². The molecular weight excluding hydrogens is 188 g/mol. The van der Waals surface area contributed by atoms with E-state index in [0.717, 1.165) is 12.8 Å². The van der Waals surface area contributed by atoms with Gasteiger partial charge in [-0.3, -0.25) is 0 Å². The van der Waals surface area contributed by atoms with Crippen LogP contribution in [0.3, 0.4) is 0 Å². The molecule has 0 radical (unpaired) electrons. The van der Waals surface area contributed by atoms with Gasteiger partial charge >= 0.3 is 0 Å². The summed E-state index contributed by atoms with van der Waals surface area (Å²) < 4.78 is 0. The summed E-state index contributed by atoms with van der Waals surface area (Å²) in [7, 11) is 0. The van der Waals surface area contributed by atoms with Gasteiger partial charge in [-0.05, 0) is 12.8 Å². The van der Waals surface area contributed by atoms with E-state index in [4.69, 9.17) is 10.2 Å². The molecule has 15 heavy (non-hydrogen) atoms. The van der Waals surface area contributed by atoms with Crippen molar-refractivity contribution in [1.82, 2.24) is 0 Å². The Morgan fingerprint density at radius 2 is 0.733 bits per heavy atom. The minimum atomic E-state index is 0.319. The molecule has 0 amide bonds. The maximum atomic E-state index is 7.88. The molecule has 0 bridgehead atoms. The van der Waals surface area contributed by atoms with Gasteiger partial charge in [-0.25, -0.2) is 0 Å². The second-order valence-corrected chi connectivity index (χ2v) is 3.92. The first-order chi connectivity index (χ1) is 7.33. The van der Waals surface area contributed by atoms with Crippen molar-refractivity contribution in [1.29, 1.82) is 0 Å². The first-order valence-corrected chi connectivity index (χ1v) is 6.55. The first-order valence-electron chi connectivity index (χ1n) is 6.55. The van der Waals surface area contributed by atoms with E-state index in [2.05, 4.69) is 0 Å². The van der Waals surface area contributed by atoms with Crippen molar-refractivity contribution >= 4 is 0 Å². The maximum absolute atomic E-state index is 7.88. The first kappa shape index (κ1) is 17.3. The maximum Gasteiger partial charge on any atom is 0.0428 e. The highest BCUT2D eigenvalue weighted by Gasteiger charge is 1.95. The largest absolute Gasteiger partial charge is 0.396 e. The summed E-state index contributed by atoms with van der Waals surface area (Å²) in [5.74, 6) is 0. The molecule has 0 spiro atoms. The lowest BCUT2D eigenvalue weighted by Crippen LogP contribution is -1.69. The molecule has 2 heteroatoms. The minimum absolute atomic E-state index is 0.319. The second-order valence-electron chi connectivity index (χ2n) is 3.92. The monoisotopic (exact) mass is 218 g/mol. The van der Waals surface area contributed by atoms with E-state index in [-0.39, 0.29) is 0 Å². The van der Waals surface area contributed by atoms with Crippen LogP contribution in [0.4, 0.5) is 0 Å². The molecule has 2 nitrogen and oxygen atoms in total. The summed E-state index contributed by atoms with van der Waals surface area (Å²) in [5.41, 5.74) is 0. The van der Waals surface area contributed by atoms with Crippen LogP contribution in [0, 0.1) is 0 Å². The number of hydrogen-bond donors (Lipinski definition) is 2. The van der Waals surface area contributed by atoms with Crippen LogP contribution >= 0.6 is 0 Å². The Balaban J connectivity index is 0. The van der Waals surface area contributed by atoms with Gasteiger partial charge in [0.1, 0.15) is 0 Å². The summed E-state index contributed by atoms with van der Waals surface area (Å²) in [4.78, 5) is 0. The predicted octanol–water partition coefficient (Wildman–Crippen LogP) is 3.51. The van der Waals surface area contributed by atoms with Crippen molar-refractivity contribution in [2.24, 2.45) is 0 Å². The number of hydrogen-bond acceptors (Lipinski definition) is 2. The van der Waals surface area contributed by atoms with E-state index in [1.54, 1.807) is 0 Å². The Labute approximate surface area is 95.7 Å². The average molecular weight is 218 g/mol. The third-order valence-electron chi connectivity index (χ3n) is 2.20. The van der Waals surface area contributed by atoms with E-state index < -0.39 is 0 Å². The average Bonchev–Trinajstić information content (AvgIpc) is 2.61.